The quantitative estimate of drug-likeness (QED) is 0.556. The molecule has 3 rings (SSSR count). The van der Waals surface area contributed by atoms with E-state index in [0.29, 0.717) is 6.54 Å². The largest absolute Gasteiger partial charge is 0.497 e. The molecular formula is C23H32N4O2. The Morgan fingerprint density at radius 3 is 2.55 bits per heavy atom. The summed E-state index contributed by atoms with van der Waals surface area (Å²) >= 11 is 0. The van der Waals surface area contributed by atoms with E-state index >= 15 is 0 Å². The first-order valence-corrected chi connectivity index (χ1v) is 10.3. The van der Waals surface area contributed by atoms with Gasteiger partial charge in [-0.15, -0.1) is 0 Å². The Balaban J connectivity index is 1.56. The predicted molar refractivity (Wildman–Crippen MR) is 117 cm³/mol. The average Bonchev–Trinajstić information content (AvgIpc) is 2.78. The summed E-state index contributed by atoms with van der Waals surface area (Å²) in [5, 5.41) is 13.9. The van der Waals surface area contributed by atoms with E-state index in [1.807, 2.05) is 24.3 Å². The van der Waals surface area contributed by atoms with Gasteiger partial charge in [-0.2, -0.15) is 0 Å². The normalized spacial score (nSPS) is 16.5. The summed E-state index contributed by atoms with van der Waals surface area (Å²) < 4.78 is 5.24. The molecule has 6 nitrogen and oxygen atoms in total. The van der Waals surface area contributed by atoms with Gasteiger partial charge in [-0.1, -0.05) is 42.5 Å². The Kier molecular flexibility index (Phi) is 7.90. The summed E-state index contributed by atoms with van der Waals surface area (Å²) in [7, 11) is 1.63. The summed E-state index contributed by atoms with van der Waals surface area (Å²) in [5.74, 6) is 1.61. The summed E-state index contributed by atoms with van der Waals surface area (Å²) in [6.07, 6.45) is -0.655. The molecule has 29 heavy (non-hydrogen) atoms. The molecule has 0 radical (unpaired) electrons. The zero-order valence-electron chi connectivity index (χ0n) is 17.4. The van der Waals surface area contributed by atoms with Crippen LogP contribution in [-0.2, 0) is 6.54 Å². The number of guanidine groups is 1. The third kappa shape index (κ3) is 6.21. The number of nitrogens with zero attached hydrogens (tertiary/aromatic N) is 3. The smallest absolute Gasteiger partial charge is 0.194 e. The van der Waals surface area contributed by atoms with E-state index in [1.54, 1.807) is 7.11 Å². The minimum Gasteiger partial charge on any atom is -0.497 e. The van der Waals surface area contributed by atoms with Crippen LogP contribution in [-0.4, -0.2) is 67.2 Å². The lowest BCUT2D eigenvalue weighted by molar-refractivity contribution is 0.169. The number of hydrogen-bond acceptors (Lipinski definition) is 4. The molecule has 0 amide bonds. The van der Waals surface area contributed by atoms with E-state index in [0.717, 1.165) is 56.5 Å². The van der Waals surface area contributed by atoms with Gasteiger partial charge >= 0.3 is 0 Å². The third-order valence-electron chi connectivity index (χ3n) is 5.15. The number of methoxy groups -OCH3 is 1. The molecule has 1 atom stereocenters. The van der Waals surface area contributed by atoms with Crippen molar-refractivity contribution >= 4 is 5.96 Å². The lowest BCUT2D eigenvalue weighted by atomic mass is 10.1. The predicted octanol–water partition coefficient (Wildman–Crippen LogP) is 2.51. The van der Waals surface area contributed by atoms with Gasteiger partial charge in [-0.05, 0) is 30.2 Å². The number of piperazine rings is 1. The summed E-state index contributed by atoms with van der Waals surface area (Å²) in [5.41, 5.74) is 2.17. The Labute approximate surface area is 173 Å². The van der Waals surface area contributed by atoms with E-state index in [-0.39, 0.29) is 0 Å². The van der Waals surface area contributed by atoms with Crippen LogP contribution in [0.5, 0.6) is 5.75 Å². The number of hydrogen-bond donors (Lipinski definition) is 2. The monoisotopic (exact) mass is 396 g/mol. The molecule has 2 aromatic carbocycles. The molecule has 1 fully saturated rings. The number of benzene rings is 2. The molecule has 1 aliphatic heterocycles. The molecule has 1 aliphatic rings. The van der Waals surface area contributed by atoms with E-state index in [4.69, 9.17) is 9.73 Å². The van der Waals surface area contributed by atoms with Crippen LogP contribution in [0.3, 0.4) is 0 Å². The van der Waals surface area contributed by atoms with Crippen molar-refractivity contribution < 1.29 is 9.84 Å². The van der Waals surface area contributed by atoms with Gasteiger partial charge in [0, 0.05) is 39.3 Å². The molecule has 0 aliphatic carbocycles. The first-order chi connectivity index (χ1) is 14.2. The highest BCUT2D eigenvalue weighted by molar-refractivity contribution is 5.80. The van der Waals surface area contributed by atoms with E-state index < -0.39 is 6.10 Å². The van der Waals surface area contributed by atoms with E-state index in [9.17, 15) is 5.11 Å². The molecular weight excluding hydrogens is 364 g/mol. The molecule has 0 saturated carbocycles. The van der Waals surface area contributed by atoms with Crippen LogP contribution in [0.4, 0.5) is 0 Å². The summed E-state index contributed by atoms with van der Waals surface area (Å²) in [6, 6.07) is 18.1. The van der Waals surface area contributed by atoms with Crippen molar-refractivity contribution in [1.29, 1.82) is 0 Å². The first kappa shape index (κ1) is 21.1. The Morgan fingerprint density at radius 1 is 1.10 bits per heavy atom. The van der Waals surface area contributed by atoms with Crippen molar-refractivity contribution in [2.75, 3.05) is 46.4 Å². The van der Waals surface area contributed by atoms with Crippen molar-refractivity contribution in [3.8, 4) is 5.75 Å². The van der Waals surface area contributed by atoms with Crippen LogP contribution < -0.4 is 10.1 Å². The molecule has 1 saturated heterocycles. The van der Waals surface area contributed by atoms with Crippen LogP contribution >= 0.6 is 0 Å². The Bertz CT molecular complexity index is 773. The minimum atomic E-state index is -0.655. The van der Waals surface area contributed by atoms with Crippen LogP contribution in [0.1, 0.15) is 24.2 Å². The maximum atomic E-state index is 10.5. The average molecular weight is 397 g/mol. The molecule has 156 valence electrons. The fourth-order valence-corrected chi connectivity index (χ4v) is 3.51. The summed E-state index contributed by atoms with van der Waals surface area (Å²) in [6.45, 7) is 8.02. The molecule has 0 aromatic heterocycles. The number of aliphatic imine (C=N–C) groups is 1. The second kappa shape index (κ2) is 10.8. The minimum absolute atomic E-state index is 0.319. The number of rotatable bonds is 7. The van der Waals surface area contributed by atoms with Crippen molar-refractivity contribution in [2.24, 2.45) is 4.99 Å². The number of aliphatic hydroxyl groups is 1. The van der Waals surface area contributed by atoms with E-state index in [1.165, 1.54) is 5.56 Å². The molecule has 0 bridgehead atoms. The van der Waals surface area contributed by atoms with Crippen molar-refractivity contribution in [1.82, 2.24) is 15.1 Å². The third-order valence-corrected chi connectivity index (χ3v) is 5.15. The molecule has 1 heterocycles. The van der Waals surface area contributed by atoms with Gasteiger partial charge in [0.1, 0.15) is 5.75 Å². The zero-order valence-corrected chi connectivity index (χ0v) is 17.4. The van der Waals surface area contributed by atoms with Gasteiger partial charge < -0.3 is 20.1 Å². The topological polar surface area (TPSA) is 60.3 Å². The van der Waals surface area contributed by atoms with Gasteiger partial charge in [0.15, 0.2) is 5.96 Å². The second-order valence-electron chi connectivity index (χ2n) is 7.24. The van der Waals surface area contributed by atoms with Crippen molar-refractivity contribution in [2.45, 2.75) is 19.6 Å². The van der Waals surface area contributed by atoms with Gasteiger partial charge in [0.05, 0.1) is 19.8 Å². The first-order valence-electron chi connectivity index (χ1n) is 10.3. The van der Waals surface area contributed by atoms with Crippen LogP contribution in [0, 0.1) is 0 Å². The molecule has 1 unspecified atom stereocenters. The lowest BCUT2D eigenvalue weighted by Gasteiger charge is -2.36. The van der Waals surface area contributed by atoms with Crippen molar-refractivity contribution in [3.63, 3.8) is 0 Å². The van der Waals surface area contributed by atoms with Crippen molar-refractivity contribution in [3.05, 3.63) is 65.7 Å². The highest BCUT2D eigenvalue weighted by atomic mass is 16.5. The molecule has 2 N–H and O–H groups in total. The highest BCUT2D eigenvalue weighted by Crippen LogP contribution is 2.19. The van der Waals surface area contributed by atoms with Crippen LogP contribution in [0.15, 0.2) is 59.6 Å². The highest BCUT2D eigenvalue weighted by Gasteiger charge is 2.20. The Hall–Kier alpha value is -2.57. The van der Waals surface area contributed by atoms with Gasteiger partial charge in [-0.25, -0.2) is 0 Å². The fourth-order valence-electron chi connectivity index (χ4n) is 3.51. The van der Waals surface area contributed by atoms with Gasteiger partial charge in [0.2, 0.25) is 0 Å². The molecule has 0 spiro atoms. The fraction of sp³-hybridized carbons (Fsp3) is 0.435. The lowest BCUT2D eigenvalue weighted by Crippen LogP contribution is -2.52. The number of ether oxygens (including phenoxy) is 1. The Morgan fingerprint density at radius 2 is 1.86 bits per heavy atom. The maximum absolute atomic E-state index is 10.5. The number of aliphatic hydroxyl groups excluding tert-OH is 1. The molecule has 2 aromatic rings. The maximum Gasteiger partial charge on any atom is 0.194 e. The second-order valence-corrected chi connectivity index (χ2v) is 7.24. The zero-order chi connectivity index (χ0) is 20.5. The summed E-state index contributed by atoms with van der Waals surface area (Å²) in [4.78, 5) is 9.45. The number of nitrogens with one attached hydrogen (secondary N) is 1. The van der Waals surface area contributed by atoms with Crippen LogP contribution in [0.25, 0.3) is 0 Å². The SMILES string of the molecule is CCNC(=NCC(O)c1cccc(OC)c1)N1CCN(Cc2ccccc2)CC1. The van der Waals surface area contributed by atoms with E-state index in [2.05, 4.69) is 52.4 Å². The molecule has 6 heteroatoms. The van der Waals surface area contributed by atoms with Gasteiger partial charge in [0.25, 0.3) is 0 Å². The van der Waals surface area contributed by atoms with Crippen LogP contribution in [0.2, 0.25) is 0 Å². The standard InChI is InChI=1S/C23H32N4O2/c1-3-24-23(25-17-22(28)20-10-7-11-21(16-20)29-2)27-14-12-26(13-15-27)18-19-8-5-4-6-9-19/h4-11,16,22,28H,3,12-15,17-18H2,1-2H3,(H,24,25). The van der Waals surface area contributed by atoms with Gasteiger partial charge in [-0.3, -0.25) is 9.89 Å².